The molecule has 3 nitrogen and oxygen atoms in total. The molecule has 0 aromatic heterocycles. The topological polar surface area (TPSA) is 27.7 Å². The van der Waals surface area contributed by atoms with Crippen LogP contribution in [0.3, 0.4) is 0 Å². The standard InChI is InChI=1S/C15H23BrO3/c1-11(5-7-16)6-8-19-15-13(17-3)9-12(2)10-14(15)18-4/h9-11H,5-8H2,1-4H3. The van der Waals surface area contributed by atoms with Crippen molar-refractivity contribution in [3.8, 4) is 17.2 Å². The van der Waals surface area contributed by atoms with Gasteiger partial charge in [-0.15, -0.1) is 0 Å². The number of aryl methyl sites for hydroxylation is 1. The molecule has 1 atom stereocenters. The fraction of sp³-hybridized carbons (Fsp3) is 0.600. The van der Waals surface area contributed by atoms with Gasteiger partial charge in [-0.25, -0.2) is 0 Å². The Hall–Kier alpha value is -0.900. The Kier molecular flexibility index (Phi) is 7.06. The summed E-state index contributed by atoms with van der Waals surface area (Å²) in [4.78, 5) is 0. The lowest BCUT2D eigenvalue weighted by atomic mass is 10.1. The normalized spacial score (nSPS) is 12.1. The van der Waals surface area contributed by atoms with Crippen molar-refractivity contribution in [3.05, 3.63) is 17.7 Å². The molecule has 1 aromatic rings. The van der Waals surface area contributed by atoms with Gasteiger partial charge in [0.1, 0.15) is 0 Å². The molecule has 0 saturated carbocycles. The van der Waals surface area contributed by atoms with E-state index in [2.05, 4.69) is 22.9 Å². The Morgan fingerprint density at radius 3 is 2.16 bits per heavy atom. The van der Waals surface area contributed by atoms with Gasteiger partial charge in [-0.1, -0.05) is 22.9 Å². The highest BCUT2D eigenvalue weighted by atomic mass is 79.9. The molecule has 0 saturated heterocycles. The molecule has 0 amide bonds. The SMILES string of the molecule is COc1cc(C)cc(OC)c1OCCC(C)CCBr. The van der Waals surface area contributed by atoms with E-state index in [1.807, 2.05) is 19.1 Å². The monoisotopic (exact) mass is 330 g/mol. The fourth-order valence-electron chi connectivity index (χ4n) is 1.85. The van der Waals surface area contributed by atoms with Crippen molar-refractivity contribution in [3.63, 3.8) is 0 Å². The van der Waals surface area contributed by atoms with Crippen LogP contribution in [0.15, 0.2) is 12.1 Å². The molecule has 0 aliphatic rings. The second-order valence-corrected chi connectivity index (χ2v) is 5.51. The Bertz CT molecular complexity index is 368. The molecule has 0 bridgehead atoms. The minimum Gasteiger partial charge on any atom is -0.493 e. The van der Waals surface area contributed by atoms with Gasteiger partial charge in [-0.05, 0) is 43.4 Å². The summed E-state index contributed by atoms with van der Waals surface area (Å²) in [5.41, 5.74) is 1.09. The molecule has 0 aliphatic heterocycles. The number of hydrogen-bond acceptors (Lipinski definition) is 3. The lowest BCUT2D eigenvalue weighted by molar-refractivity contribution is 0.253. The maximum Gasteiger partial charge on any atom is 0.203 e. The predicted molar refractivity (Wildman–Crippen MR) is 82.0 cm³/mol. The molecule has 108 valence electrons. The first-order valence-corrected chi connectivity index (χ1v) is 7.65. The van der Waals surface area contributed by atoms with E-state index >= 15 is 0 Å². The molecule has 1 aromatic carbocycles. The van der Waals surface area contributed by atoms with Crippen LogP contribution in [0.25, 0.3) is 0 Å². The minimum absolute atomic E-state index is 0.641. The van der Waals surface area contributed by atoms with Gasteiger partial charge in [0.2, 0.25) is 5.75 Å². The van der Waals surface area contributed by atoms with E-state index in [0.29, 0.717) is 18.3 Å². The van der Waals surface area contributed by atoms with E-state index in [1.54, 1.807) is 14.2 Å². The molecule has 0 radical (unpaired) electrons. The molecule has 1 rings (SSSR count). The minimum atomic E-state index is 0.641. The lowest BCUT2D eigenvalue weighted by Gasteiger charge is -2.16. The molecule has 0 heterocycles. The average Bonchev–Trinajstić information content (AvgIpc) is 2.39. The Labute approximate surface area is 124 Å². The van der Waals surface area contributed by atoms with Crippen molar-refractivity contribution in [2.45, 2.75) is 26.7 Å². The summed E-state index contributed by atoms with van der Waals surface area (Å²) in [5, 5.41) is 1.03. The Balaban J connectivity index is 2.71. The van der Waals surface area contributed by atoms with Gasteiger partial charge >= 0.3 is 0 Å². The summed E-state index contributed by atoms with van der Waals surface area (Å²) in [6.07, 6.45) is 2.18. The van der Waals surface area contributed by atoms with Gasteiger partial charge in [0.25, 0.3) is 0 Å². The second-order valence-electron chi connectivity index (χ2n) is 4.72. The first-order chi connectivity index (χ1) is 9.12. The first-order valence-electron chi connectivity index (χ1n) is 6.53. The zero-order valence-corrected chi connectivity index (χ0v) is 13.7. The maximum atomic E-state index is 5.86. The Morgan fingerprint density at radius 2 is 1.68 bits per heavy atom. The van der Waals surface area contributed by atoms with Crippen molar-refractivity contribution >= 4 is 15.9 Å². The van der Waals surface area contributed by atoms with Crippen LogP contribution < -0.4 is 14.2 Å². The lowest BCUT2D eigenvalue weighted by Crippen LogP contribution is -2.06. The summed E-state index contributed by atoms with van der Waals surface area (Å²) in [6.45, 7) is 4.91. The highest BCUT2D eigenvalue weighted by molar-refractivity contribution is 9.09. The van der Waals surface area contributed by atoms with Gasteiger partial charge < -0.3 is 14.2 Å². The maximum absolute atomic E-state index is 5.86. The van der Waals surface area contributed by atoms with Gasteiger partial charge in [-0.3, -0.25) is 0 Å². The van der Waals surface area contributed by atoms with Crippen LogP contribution in [0.1, 0.15) is 25.3 Å². The van der Waals surface area contributed by atoms with Crippen LogP contribution in [-0.4, -0.2) is 26.2 Å². The molecular formula is C15H23BrO3. The summed E-state index contributed by atoms with van der Waals surface area (Å²) in [7, 11) is 3.29. The van der Waals surface area contributed by atoms with Crippen LogP contribution in [0.2, 0.25) is 0 Å². The number of alkyl halides is 1. The van der Waals surface area contributed by atoms with Crippen LogP contribution in [0.5, 0.6) is 17.2 Å². The average molecular weight is 331 g/mol. The van der Waals surface area contributed by atoms with Crippen molar-refractivity contribution in [2.75, 3.05) is 26.2 Å². The number of hydrogen-bond donors (Lipinski definition) is 0. The fourth-order valence-corrected chi connectivity index (χ4v) is 2.63. The third kappa shape index (κ3) is 4.94. The molecule has 0 fully saturated rings. The Morgan fingerprint density at radius 1 is 1.11 bits per heavy atom. The number of methoxy groups -OCH3 is 2. The molecule has 0 N–H and O–H groups in total. The van der Waals surface area contributed by atoms with E-state index < -0.39 is 0 Å². The third-order valence-electron chi connectivity index (χ3n) is 3.06. The van der Waals surface area contributed by atoms with E-state index in [9.17, 15) is 0 Å². The predicted octanol–water partition coefficient (Wildman–Crippen LogP) is 4.20. The largest absolute Gasteiger partial charge is 0.493 e. The van der Waals surface area contributed by atoms with Gasteiger partial charge in [0, 0.05) is 5.33 Å². The van der Waals surface area contributed by atoms with Crippen molar-refractivity contribution in [1.29, 1.82) is 0 Å². The second kappa shape index (κ2) is 8.31. The highest BCUT2D eigenvalue weighted by Crippen LogP contribution is 2.38. The van der Waals surface area contributed by atoms with Crippen LogP contribution in [0, 0.1) is 12.8 Å². The van der Waals surface area contributed by atoms with Gasteiger partial charge in [0.05, 0.1) is 20.8 Å². The number of rotatable bonds is 8. The zero-order chi connectivity index (χ0) is 14.3. The van der Waals surface area contributed by atoms with E-state index in [4.69, 9.17) is 14.2 Å². The number of ether oxygens (including phenoxy) is 3. The molecule has 19 heavy (non-hydrogen) atoms. The summed E-state index contributed by atoms with van der Waals surface area (Å²) >= 11 is 3.46. The summed E-state index contributed by atoms with van der Waals surface area (Å²) in [5.74, 6) is 2.79. The van der Waals surface area contributed by atoms with E-state index in [0.717, 1.165) is 35.2 Å². The highest BCUT2D eigenvalue weighted by Gasteiger charge is 2.13. The van der Waals surface area contributed by atoms with Crippen LogP contribution >= 0.6 is 15.9 Å². The van der Waals surface area contributed by atoms with Crippen LogP contribution in [0.4, 0.5) is 0 Å². The molecule has 1 unspecified atom stereocenters. The van der Waals surface area contributed by atoms with E-state index in [-0.39, 0.29) is 0 Å². The molecule has 4 heteroatoms. The molecule has 0 spiro atoms. The van der Waals surface area contributed by atoms with Crippen molar-refractivity contribution in [2.24, 2.45) is 5.92 Å². The third-order valence-corrected chi connectivity index (χ3v) is 3.52. The van der Waals surface area contributed by atoms with Gasteiger partial charge in [-0.2, -0.15) is 0 Å². The zero-order valence-electron chi connectivity index (χ0n) is 12.2. The summed E-state index contributed by atoms with van der Waals surface area (Å²) < 4.78 is 16.6. The number of halogens is 1. The van der Waals surface area contributed by atoms with Crippen molar-refractivity contribution in [1.82, 2.24) is 0 Å². The summed E-state index contributed by atoms with van der Waals surface area (Å²) in [6, 6.07) is 3.92. The number of benzene rings is 1. The van der Waals surface area contributed by atoms with Crippen molar-refractivity contribution < 1.29 is 14.2 Å². The molecule has 0 aliphatic carbocycles. The molecular weight excluding hydrogens is 308 g/mol. The smallest absolute Gasteiger partial charge is 0.203 e. The first kappa shape index (κ1) is 16.2. The van der Waals surface area contributed by atoms with E-state index in [1.165, 1.54) is 0 Å². The quantitative estimate of drug-likeness (QED) is 0.668. The van der Waals surface area contributed by atoms with Crippen LogP contribution in [-0.2, 0) is 0 Å². The van der Waals surface area contributed by atoms with Gasteiger partial charge in [0.15, 0.2) is 11.5 Å².